The molecule has 0 aliphatic rings. The Kier molecular flexibility index (Phi) is 8.37. The fourth-order valence-electron chi connectivity index (χ4n) is 1.09. The predicted molar refractivity (Wildman–Crippen MR) is 56.3 cm³/mol. The van der Waals surface area contributed by atoms with Gasteiger partial charge in [0.1, 0.15) is 12.6 Å². The lowest BCUT2D eigenvalue weighted by Crippen LogP contribution is -2.39. The Morgan fingerprint density at radius 1 is 0.929 bits per heavy atom. The zero-order chi connectivity index (χ0) is 10.8. The summed E-state index contributed by atoms with van der Waals surface area (Å²) in [6.45, 7) is 5.34. The number of rotatable bonds is 9. The van der Waals surface area contributed by atoms with Gasteiger partial charge in [0.25, 0.3) is 0 Å². The lowest BCUT2D eigenvalue weighted by atomic mass is 10.2. The van der Waals surface area contributed by atoms with Crippen molar-refractivity contribution in [2.75, 3.05) is 13.1 Å². The minimum absolute atomic E-state index is 0.0619. The van der Waals surface area contributed by atoms with Crippen molar-refractivity contribution in [3.8, 4) is 0 Å². The summed E-state index contributed by atoms with van der Waals surface area (Å²) in [5.74, 6) is 0. The summed E-state index contributed by atoms with van der Waals surface area (Å²) in [6.07, 6.45) is 3.43. The molecule has 4 heteroatoms. The summed E-state index contributed by atoms with van der Waals surface area (Å²) >= 11 is 0. The van der Waals surface area contributed by atoms with Crippen LogP contribution in [0.4, 0.5) is 0 Å². The lowest BCUT2D eigenvalue weighted by Gasteiger charge is -2.13. The summed E-state index contributed by atoms with van der Waals surface area (Å²) < 4.78 is 0. The van der Waals surface area contributed by atoms with E-state index in [-0.39, 0.29) is 12.1 Å². The van der Waals surface area contributed by atoms with E-state index in [9.17, 15) is 9.59 Å². The van der Waals surface area contributed by atoms with E-state index in [1.54, 1.807) is 0 Å². The smallest absolute Gasteiger partial charge is 0.136 e. The van der Waals surface area contributed by atoms with Gasteiger partial charge in [0.2, 0.25) is 0 Å². The molecule has 0 bridgehead atoms. The van der Waals surface area contributed by atoms with Crippen LogP contribution in [-0.2, 0) is 9.59 Å². The minimum atomic E-state index is -0.0619. The summed E-state index contributed by atoms with van der Waals surface area (Å²) in [4.78, 5) is 20.9. The molecular weight excluding hydrogens is 180 g/mol. The normalized spacial score (nSPS) is 14.7. The molecule has 0 aliphatic heterocycles. The third-order valence-electron chi connectivity index (χ3n) is 2.15. The Balaban J connectivity index is 3.44. The van der Waals surface area contributed by atoms with Gasteiger partial charge >= 0.3 is 0 Å². The summed E-state index contributed by atoms with van der Waals surface area (Å²) in [5, 5.41) is 6.15. The molecule has 0 fully saturated rings. The molecule has 0 heterocycles. The monoisotopic (exact) mass is 200 g/mol. The number of nitrogens with one attached hydrogen (secondary N) is 2. The fraction of sp³-hybridized carbons (Fsp3) is 0.800. The fourth-order valence-corrected chi connectivity index (χ4v) is 1.09. The summed E-state index contributed by atoms with van der Waals surface area (Å²) in [7, 11) is 0. The van der Waals surface area contributed by atoms with E-state index in [0.29, 0.717) is 13.1 Å². The first-order chi connectivity index (χ1) is 6.78. The highest BCUT2D eigenvalue weighted by Gasteiger charge is 2.04. The van der Waals surface area contributed by atoms with E-state index < -0.39 is 0 Å². The molecule has 0 aromatic rings. The first kappa shape index (κ1) is 13.3. The zero-order valence-electron chi connectivity index (χ0n) is 8.95. The van der Waals surface area contributed by atoms with E-state index in [4.69, 9.17) is 0 Å². The third kappa shape index (κ3) is 5.83. The Morgan fingerprint density at radius 3 is 1.50 bits per heavy atom. The van der Waals surface area contributed by atoms with Crippen LogP contribution in [0.1, 0.15) is 26.7 Å². The van der Waals surface area contributed by atoms with E-state index in [2.05, 4.69) is 10.6 Å². The second-order valence-electron chi connectivity index (χ2n) is 3.21. The van der Waals surface area contributed by atoms with Gasteiger partial charge in [-0.15, -0.1) is 0 Å². The minimum Gasteiger partial charge on any atom is -0.306 e. The zero-order valence-corrected chi connectivity index (χ0v) is 8.95. The molecule has 0 aliphatic carbocycles. The van der Waals surface area contributed by atoms with Gasteiger partial charge in [0.05, 0.1) is 12.1 Å². The molecule has 14 heavy (non-hydrogen) atoms. The number of aldehydes is 2. The average molecular weight is 200 g/mol. The second kappa shape index (κ2) is 8.84. The van der Waals surface area contributed by atoms with Crippen molar-refractivity contribution < 1.29 is 9.59 Å². The predicted octanol–water partition coefficient (Wildman–Crippen LogP) is 0.121. The number of carbonyl (C=O) groups is 2. The van der Waals surface area contributed by atoms with Crippen molar-refractivity contribution in [1.29, 1.82) is 0 Å². The SMILES string of the molecule is CC[C@@H](C=O)NCCN[C@H](C=O)CC. The van der Waals surface area contributed by atoms with Gasteiger partial charge in [0.15, 0.2) is 0 Å². The van der Waals surface area contributed by atoms with Crippen LogP contribution >= 0.6 is 0 Å². The average Bonchev–Trinajstić information content (AvgIpc) is 2.24. The van der Waals surface area contributed by atoms with Gasteiger partial charge in [-0.3, -0.25) is 0 Å². The maximum Gasteiger partial charge on any atom is 0.136 e. The van der Waals surface area contributed by atoms with Gasteiger partial charge in [0, 0.05) is 13.1 Å². The highest BCUT2D eigenvalue weighted by atomic mass is 16.1. The van der Waals surface area contributed by atoms with Crippen molar-refractivity contribution >= 4 is 12.6 Å². The lowest BCUT2D eigenvalue weighted by molar-refractivity contribution is -0.110. The Bertz CT molecular complexity index is 144. The van der Waals surface area contributed by atoms with Crippen molar-refractivity contribution in [3.05, 3.63) is 0 Å². The largest absolute Gasteiger partial charge is 0.306 e. The van der Waals surface area contributed by atoms with Crippen LogP contribution in [0, 0.1) is 0 Å². The molecule has 82 valence electrons. The molecule has 2 N–H and O–H groups in total. The van der Waals surface area contributed by atoms with Crippen molar-refractivity contribution in [2.45, 2.75) is 38.8 Å². The van der Waals surface area contributed by atoms with Crippen LogP contribution in [0.5, 0.6) is 0 Å². The first-order valence-corrected chi connectivity index (χ1v) is 5.15. The Morgan fingerprint density at radius 2 is 1.29 bits per heavy atom. The Labute approximate surface area is 85.4 Å². The quantitative estimate of drug-likeness (QED) is 0.410. The first-order valence-electron chi connectivity index (χ1n) is 5.15. The maximum atomic E-state index is 10.4. The van der Waals surface area contributed by atoms with Gasteiger partial charge in [-0.2, -0.15) is 0 Å². The van der Waals surface area contributed by atoms with Crippen LogP contribution in [-0.4, -0.2) is 37.7 Å². The highest BCUT2D eigenvalue weighted by molar-refractivity contribution is 5.57. The molecular formula is C10H20N2O2. The summed E-state index contributed by atoms with van der Waals surface area (Å²) in [5.41, 5.74) is 0. The van der Waals surface area contributed by atoms with E-state index in [1.165, 1.54) is 0 Å². The molecule has 0 unspecified atom stereocenters. The highest BCUT2D eigenvalue weighted by Crippen LogP contribution is 1.86. The number of carbonyl (C=O) groups excluding carboxylic acids is 2. The van der Waals surface area contributed by atoms with Gasteiger partial charge in [-0.1, -0.05) is 13.8 Å². The molecule has 0 radical (unpaired) electrons. The van der Waals surface area contributed by atoms with Crippen LogP contribution in [0.2, 0.25) is 0 Å². The number of hydrogen-bond donors (Lipinski definition) is 2. The van der Waals surface area contributed by atoms with Crippen LogP contribution < -0.4 is 10.6 Å². The number of hydrogen-bond acceptors (Lipinski definition) is 4. The van der Waals surface area contributed by atoms with Gasteiger partial charge in [-0.05, 0) is 12.8 Å². The topological polar surface area (TPSA) is 58.2 Å². The third-order valence-corrected chi connectivity index (χ3v) is 2.15. The van der Waals surface area contributed by atoms with E-state index in [1.807, 2.05) is 13.8 Å². The molecule has 2 atom stereocenters. The van der Waals surface area contributed by atoms with Crippen LogP contribution in [0.3, 0.4) is 0 Å². The molecule has 4 nitrogen and oxygen atoms in total. The van der Waals surface area contributed by atoms with Gasteiger partial charge in [-0.25, -0.2) is 0 Å². The molecule has 0 spiro atoms. The molecule has 0 rings (SSSR count). The summed E-state index contributed by atoms with van der Waals surface area (Å²) in [6, 6.07) is -0.124. The van der Waals surface area contributed by atoms with Crippen molar-refractivity contribution in [2.24, 2.45) is 0 Å². The molecule has 0 aromatic heterocycles. The molecule has 0 saturated carbocycles. The standard InChI is InChI=1S/C10H20N2O2/c1-3-9(7-13)11-5-6-12-10(4-2)8-14/h7-12H,3-6H2,1-2H3/t9-,10-/m0/s1. The Hall–Kier alpha value is -0.740. The van der Waals surface area contributed by atoms with Crippen molar-refractivity contribution in [1.82, 2.24) is 10.6 Å². The van der Waals surface area contributed by atoms with E-state index in [0.717, 1.165) is 25.4 Å². The molecule has 0 amide bonds. The molecule has 0 aromatic carbocycles. The van der Waals surface area contributed by atoms with Crippen molar-refractivity contribution in [3.63, 3.8) is 0 Å². The van der Waals surface area contributed by atoms with E-state index >= 15 is 0 Å². The maximum absolute atomic E-state index is 10.4. The van der Waals surface area contributed by atoms with Gasteiger partial charge < -0.3 is 20.2 Å². The second-order valence-corrected chi connectivity index (χ2v) is 3.21. The van der Waals surface area contributed by atoms with Crippen LogP contribution in [0.25, 0.3) is 0 Å². The van der Waals surface area contributed by atoms with Crippen LogP contribution in [0.15, 0.2) is 0 Å². The molecule has 0 saturated heterocycles.